The molecule has 0 saturated heterocycles. The van der Waals surface area contributed by atoms with Gasteiger partial charge in [0.05, 0.1) is 11.8 Å². The standard InChI is InChI=1S/C8H9N7S/c1-15-2-11-3-4(15)5-7(12-6(3)9)13-8(14-10)16-5/h2H,10H2,1H3,(H3,9,12,13,14). The van der Waals surface area contributed by atoms with Crippen molar-refractivity contribution >= 4 is 43.7 Å². The quantitative estimate of drug-likeness (QED) is 0.417. The van der Waals surface area contributed by atoms with Crippen LogP contribution in [0, 0.1) is 0 Å². The summed E-state index contributed by atoms with van der Waals surface area (Å²) in [5.74, 6) is 5.71. The van der Waals surface area contributed by atoms with Crippen molar-refractivity contribution in [1.82, 2.24) is 19.5 Å². The second-order valence-electron chi connectivity index (χ2n) is 3.37. The number of aryl methyl sites for hydroxylation is 1. The van der Waals surface area contributed by atoms with Gasteiger partial charge in [0.2, 0.25) is 0 Å². The number of rotatable bonds is 1. The molecule has 0 unspecified atom stereocenters. The average molecular weight is 235 g/mol. The molecule has 5 N–H and O–H groups in total. The topological polar surface area (TPSA) is 108 Å². The van der Waals surface area contributed by atoms with E-state index in [9.17, 15) is 0 Å². The highest BCUT2D eigenvalue weighted by Gasteiger charge is 2.14. The number of fused-ring (bicyclic) bond motifs is 3. The molecule has 0 spiro atoms. The van der Waals surface area contributed by atoms with Gasteiger partial charge in [-0.05, 0) is 0 Å². The SMILES string of the molecule is Cn1cnc2c(N)nc3nc(NN)sc3c21. The van der Waals surface area contributed by atoms with Crippen molar-refractivity contribution in [2.45, 2.75) is 0 Å². The van der Waals surface area contributed by atoms with E-state index in [0.29, 0.717) is 22.1 Å². The van der Waals surface area contributed by atoms with E-state index in [1.54, 1.807) is 6.33 Å². The molecule has 0 bridgehead atoms. The molecule has 3 aromatic rings. The number of anilines is 2. The summed E-state index contributed by atoms with van der Waals surface area (Å²) in [7, 11) is 1.91. The number of nitrogens with two attached hydrogens (primary N) is 2. The molecule has 0 aromatic carbocycles. The summed E-state index contributed by atoms with van der Waals surface area (Å²) in [6.45, 7) is 0. The lowest BCUT2D eigenvalue weighted by atomic mass is 10.3. The minimum atomic E-state index is 0.386. The first kappa shape index (κ1) is 9.31. The van der Waals surface area contributed by atoms with Crippen LogP contribution in [0.15, 0.2) is 6.33 Å². The number of thiazole rings is 1. The Morgan fingerprint density at radius 2 is 2.25 bits per heavy atom. The van der Waals surface area contributed by atoms with Gasteiger partial charge in [0.15, 0.2) is 16.6 Å². The molecule has 7 nitrogen and oxygen atoms in total. The van der Waals surface area contributed by atoms with Crippen LogP contribution in [0.1, 0.15) is 0 Å². The minimum Gasteiger partial charge on any atom is -0.382 e. The van der Waals surface area contributed by atoms with Crippen molar-refractivity contribution < 1.29 is 0 Å². The summed E-state index contributed by atoms with van der Waals surface area (Å²) in [5, 5.41) is 0.607. The summed E-state index contributed by atoms with van der Waals surface area (Å²) in [6, 6.07) is 0. The van der Waals surface area contributed by atoms with Crippen LogP contribution in [-0.2, 0) is 7.05 Å². The molecule has 0 aliphatic heterocycles. The van der Waals surface area contributed by atoms with Crippen molar-refractivity contribution in [3.05, 3.63) is 6.33 Å². The van der Waals surface area contributed by atoms with E-state index in [4.69, 9.17) is 11.6 Å². The van der Waals surface area contributed by atoms with Crippen LogP contribution in [-0.4, -0.2) is 19.5 Å². The van der Waals surface area contributed by atoms with Crippen LogP contribution in [0.4, 0.5) is 10.9 Å². The first-order chi connectivity index (χ1) is 7.70. The zero-order chi connectivity index (χ0) is 11.3. The van der Waals surface area contributed by atoms with Crippen LogP contribution < -0.4 is 17.0 Å². The third-order valence-corrected chi connectivity index (χ3v) is 3.34. The Kier molecular flexibility index (Phi) is 1.76. The lowest BCUT2D eigenvalue weighted by Crippen LogP contribution is -2.05. The molecule has 3 heterocycles. The summed E-state index contributed by atoms with van der Waals surface area (Å²) >= 11 is 1.43. The van der Waals surface area contributed by atoms with E-state index in [1.807, 2.05) is 11.6 Å². The van der Waals surface area contributed by atoms with Crippen LogP contribution in [0.2, 0.25) is 0 Å². The van der Waals surface area contributed by atoms with Gasteiger partial charge in [-0.1, -0.05) is 11.3 Å². The largest absolute Gasteiger partial charge is 0.382 e. The molecule has 0 fully saturated rings. The average Bonchev–Trinajstić information content (AvgIpc) is 2.82. The van der Waals surface area contributed by atoms with Crippen LogP contribution in [0.3, 0.4) is 0 Å². The monoisotopic (exact) mass is 235 g/mol. The van der Waals surface area contributed by atoms with E-state index in [-0.39, 0.29) is 0 Å². The van der Waals surface area contributed by atoms with E-state index < -0.39 is 0 Å². The van der Waals surface area contributed by atoms with Gasteiger partial charge in [0.1, 0.15) is 10.2 Å². The maximum atomic E-state index is 5.81. The molecule has 3 aromatic heterocycles. The Morgan fingerprint density at radius 3 is 3.00 bits per heavy atom. The van der Waals surface area contributed by atoms with Gasteiger partial charge < -0.3 is 10.3 Å². The number of nitrogens with zero attached hydrogens (tertiary/aromatic N) is 4. The molecule has 0 amide bonds. The first-order valence-electron chi connectivity index (χ1n) is 4.54. The predicted molar refractivity (Wildman–Crippen MR) is 63.9 cm³/mol. The second-order valence-corrected chi connectivity index (χ2v) is 4.36. The van der Waals surface area contributed by atoms with Gasteiger partial charge in [-0.25, -0.2) is 15.8 Å². The normalized spacial score (nSPS) is 11.4. The Morgan fingerprint density at radius 1 is 1.44 bits per heavy atom. The molecule has 0 atom stereocenters. The predicted octanol–water partition coefficient (Wildman–Crippen LogP) is 0.446. The first-order valence-corrected chi connectivity index (χ1v) is 5.36. The van der Waals surface area contributed by atoms with Crippen molar-refractivity contribution in [3.8, 4) is 0 Å². The molecular weight excluding hydrogens is 226 g/mol. The maximum absolute atomic E-state index is 5.81. The van der Waals surface area contributed by atoms with Gasteiger partial charge in [-0.3, -0.25) is 5.43 Å². The van der Waals surface area contributed by atoms with E-state index in [0.717, 1.165) is 10.2 Å². The smallest absolute Gasteiger partial charge is 0.199 e. The highest BCUT2D eigenvalue weighted by atomic mass is 32.1. The molecule has 8 heteroatoms. The number of nitrogens with one attached hydrogen (secondary N) is 1. The third-order valence-electron chi connectivity index (χ3n) is 2.35. The number of nitrogen functional groups attached to an aromatic ring is 2. The number of aromatic nitrogens is 4. The van der Waals surface area contributed by atoms with Gasteiger partial charge in [0.25, 0.3) is 0 Å². The van der Waals surface area contributed by atoms with E-state index in [2.05, 4.69) is 20.4 Å². The Bertz CT molecular complexity index is 682. The maximum Gasteiger partial charge on any atom is 0.199 e. The zero-order valence-electron chi connectivity index (χ0n) is 8.43. The summed E-state index contributed by atoms with van der Waals surface area (Å²) in [6.07, 6.45) is 1.71. The zero-order valence-corrected chi connectivity index (χ0v) is 9.25. The van der Waals surface area contributed by atoms with Crippen LogP contribution >= 0.6 is 11.3 Å². The molecule has 0 aliphatic carbocycles. The van der Waals surface area contributed by atoms with Crippen molar-refractivity contribution in [3.63, 3.8) is 0 Å². The molecule has 0 saturated carbocycles. The fourth-order valence-corrected chi connectivity index (χ4v) is 2.56. The van der Waals surface area contributed by atoms with Crippen LogP contribution in [0.25, 0.3) is 21.4 Å². The molecule has 3 rings (SSSR count). The number of pyridine rings is 1. The number of hydrazine groups is 1. The lowest BCUT2D eigenvalue weighted by Gasteiger charge is -1.97. The summed E-state index contributed by atoms with van der Waals surface area (Å²) < 4.78 is 2.82. The lowest BCUT2D eigenvalue weighted by molar-refractivity contribution is 0.951. The van der Waals surface area contributed by atoms with Crippen molar-refractivity contribution in [2.24, 2.45) is 12.9 Å². The number of hydrogen-bond acceptors (Lipinski definition) is 7. The number of imidazole rings is 1. The van der Waals surface area contributed by atoms with E-state index in [1.165, 1.54) is 11.3 Å². The molecular formula is C8H9N7S. The van der Waals surface area contributed by atoms with Crippen molar-refractivity contribution in [1.29, 1.82) is 0 Å². The van der Waals surface area contributed by atoms with Gasteiger partial charge >= 0.3 is 0 Å². The van der Waals surface area contributed by atoms with Gasteiger partial charge in [0, 0.05) is 7.05 Å². The number of hydrogen-bond donors (Lipinski definition) is 3. The fourth-order valence-electron chi connectivity index (χ4n) is 1.66. The third kappa shape index (κ3) is 1.08. The molecule has 0 radical (unpaired) electrons. The van der Waals surface area contributed by atoms with Crippen LogP contribution in [0.5, 0.6) is 0 Å². The Balaban J connectivity index is 2.55. The minimum absolute atomic E-state index is 0.386. The Hall–Kier alpha value is -1.93. The van der Waals surface area contributed by atoms with Gasteiger partial charge in [-0.15, -0.1) is 0 Å². The molecule has 0 aliphatic rings. The second kappa shape index (κ2) is 3.03. The molecule has 16 heavy (non-hydrogen) atoms. The Labute approximate surface area is 94.1 Å². The molecule has 82 valence electrons. The fraction of sp³-hybridized carbons (Fsp3) is 0.125. The summed E-state index contributed by atoms with van der Waals surface area (Å²) in [4.78, 5) is 12.6. The highest BCUT2D eigenvalue weighted by Crippen LogP contribution is 2.32. The van der Waals surface area contributed by atoms with E-state index >= 15 is 0 Å². The van der Waals surface area contributed by atoms with Gasteiger partial charge in [-0.2, -0.15) is 4.98 Å². The summed E-state index contributed by atoms with van der Waals surface area (Å²) in [5.41, 5.74) is 10.5. The highest BCUT2D eigenvalue weighted by molar-refractivity contribution is 7.23. The van der Waals surface area contributed by atoms with Crippen molar-refractivity contribution in [2.75, 3.05) is 11.2 Å².